The first-order valence-electron chi connectivity index (χ1n) is 9.12. The van der Waals surface area contributed by atoms with Crippen molar-refractivity contribution in [1.29, 1.82) is 0 Å². The molecule has 4 heteroatoms. The van der Waals surface area contributed by atoms with Gasteiger partial charge in [-0.05, 0) is 31.9 Å². The Morgan fingerprint density at radius 1 is 1.15 bits per heavy atom. The number of Topliss-reactive ketones (excluding diaryl/α,β-unsaturated/α-hetero) is 1. The van der Waals surface area contributed by atoms with Crippen molar-refractivity contribution in [1.82, 2.24) is 0 Å². The predicted molar refractivity (Wildman–Crippen MR) is 102 cm³/mol. The van der Waals surface area contributed by atoms with Gasteiger partial charge in [0.25, 0.3) is 5.91 Å². The fraction of sp³-hybridized carbons (Fsp3) is 0.364. The maximum Gasteiger partial charge on any atom is 0.264 e. The van der Waals surface area contributed by atoms with Gasteiger partial charge in [-0.1, -0.05) is 55.3 Å². The fourth-order valence-corrected chi connectivity index (χ4v) is 3.67. The smallest absolute Gasteiger partial charge is 0.264 e. The summed E-state index contributed by atoms with van der Waals surface area (Å²) in [7, 11) is 0. The molecule has 1 atom stereocenters. The number of hydrogen-bond acceptors (Lipinski definition) is 3. The van der Waals surface area contributed by atoms with Crippen molar-refractivity contribution in [2.24, 2.45) is 0 Å². The van der Waals surface area contributed by atoms with Gasteiger partial charge in [-0.2, -0.15) is 0 Å². The molecule has 1 amide bonds. The van der Waals surface area contributed by atoms with Crippen LogP contribution in [0.1, 0.15) is 53.2 Å². The zero-order valence-corrected chi connectivity index (χ0v) is 15.6. The van der Waals surface area contributed by atoms with Crippen molar-refractivity contribution < 1.29 is 14.7 Å². The summed E-state index contributed by atoms with van der Waals surface area (Å²) < 4.78 is 0. The number of aliphatic hydroxyl groups is 1. The van der Waals surface area contributed by atoms with Gasteiger partial charge >= 0.3 is 0 Å². The van der Waals surface area contributed by atoms with E-state index in [1.54, 1.807) is 23.1 Å². The van der Waals surface area contributed by atoms with Crippen LogP contribution in [-0.4, -0.2) is 23.3 Å². The van der Waals surface area contributed by atoms with E-state index in [0.29, 0.717) is 23.4 Å². The summed E-state index contributed by atoms with van der Waals surface area (Å²) in [5.74, 6) is -0.615. The van der Waals surface area contributed by atoms with Gasteiger partial charge in [0, 0.05) is 17.7 Å². The van der Waals surface area contributed by atoms with Gasteiger partial charge in [-0.3, -0.25) is 9.59 Å². The first-order valence-corrected chi connectivity index (χ1v) is 9.12. The van der Waals surface area contributed by atoms with Gasteiger partial charge in [0.2, 0.25) is 0 Å². The molecule has 0 aromatic heterocycles. The Balaban J connectivity index is 1.95. The molecule has 136 valence electrons. The Labute approximate surface area is 154 Å². The van der Waals surface area contributed by atoms with Crippen LogP contribution in [0.2, 0.25) is 0 Å². The number of hydrogen-bond donors (Lipinski definition) is 1. The highest BCUT2D eigenvalue weighted by molar-refractivity contribution is 6.11. The standard InChI is InChI=1S/C22H25NO3/c1-4-5-12-23-19-9-7-6-8-18(19)22(26,21(23)25)14-20(24)17-11-10-15(2)13-16(17)3/h6-11,13,26H,4-5,12,14H2,1-3H3. The summed E-state index contributed by atoms with van der Waals surface area (Å²) in [5.41, 5.74) is 1.94. The average Bonchev–Trinajstić information content (AvgIpc) is 2.81. The molecule has 26 heavy (non-hydrogen) atoms. The van der Waals surface area contributed by atoms with Crippen LogP contribution < -0.4 is 4.90 Å². The summed E-state index contributed by atoms with van der Waals surface area (Å²) in [6.45, 7) is 6.45. The lowest BCUT2D eigenvalue weighted by molar-refractivity contribution is -0.135. The highest BCUT2D eigenvalue weighted by Crippen LogP contribution is 2.43. The molecular weight excluding hydrogens is 326 g/mol. The van der Waals surface area contributed by atoms with Crippen LogP contribution in [-0.2, 0) is 10.4 Å². The number of carbonyl (C=O) groups is 2. The number of amides is 1. The molecule has 0 spiro atoms. The van der Waals surface area contributed by atoms with Crippen LogP contribution in [0, 0.1) is 13.8 Å². The average molecular weight is 351 g/mol. The van der Waals surface area contributed by atoms with Crippen molar-refractivity contribution in [3.63, 3.8) is 0 Å². The van der Waals surface area contributed by atoms with Crippen molar-refractivity contribution in [2.45, 2.75) is 45.6 Å². The second kappa shape index (κ2) is 7.04. The van der Waals surface area contributed by atoms with Crippen molar-refractivity contribution in [3.05, 3.63) is 64.7 Å². The SMILES string of the molecule is CCCCN1C(=O)C(O)(CC(=O)c2ccc(C)cc2C)c2ccccc21. The topological polar surface area (TPSA) is 57.6 Å². The predicted octanol–water partition coefficient (Wildman–Crippen LogP) is 3.91. The lowest BCUT2D eigenvalue weighted by atomic mass is 9.87. The van der Waals surface area contributed by atoms with E-state index >= 15 is 0 Å². The van der Waals surface area contributed by atoms with E-state index in [9.17, 15) is 14.7 Å². The highest BCUT2D eigenvalue weighted by Gasteiger charge is 2.50. The van der Waals surface area contributed by atoms with Crippen molar-refractivity contribution in [3.8, 4) is 0 Å². The molecule has 2 aromatic rings. The minimum atomic E-state index is -1.79. The molecule has 0 bridgehead atoms. The molecule has 0 saturated carbocycles. The number of unbranched alkanes of at least 4 members (excludes halogenated alkanes) is 1. The highest BCUT2D eigenvalue weighted by atomic mass is 16.3. The summed E-state index contributed by atoms with van der Waals surface area (Å²) in [6.07, 6.45) is 1.56. The Hall–Kier alpha value is -2.46. The van der Waals surface area contributed by atoms with E-state index in [2.05, 4.69) is 6.92 Å². The lowest BCUT2D eigenvalue weighted by Gasteiger charge is -2.23. The number of ketones is 1. The number of rotatable bonds is 6. The van der Waals surface area contributed by atoms with E-state index < -0.39 is 11.5 Å². The van der Waals surface area contributed by atoms with Crippen LogP contribution in [0.5, 0.6) is 0 Å². The third-order valence-electron chi connectivity index (χ3n) is 5.07. The fourth-order valence-electron chi connectivity index (χ4n) is 3.67. The monoisotopic (exact) mass is 351 g/mol. The minimum absolute atomic E-state index is 0.217. The lowest BCUT2D eigenvalue weighted by Crippen LogP contribution is -2.42. The van der Waals surface area contributed by atoms with Crippen molar-refractivity contribution >= 4 is 17.4 Å². The Bertz CT molecular complexity index is 858. The van der Waals surface area contributed by atoms with Gasteiger partial charge in [0.05, 0.1) is 12.1 Å². The number of fused-ring (bicyclic) bond motifs is 1. The third-order valence-corrected chi connectivity index (χ3v) is 5.07. The molecule has 2 aromatic carbocycles. The maximum absolute atomic E-state index is 13.0. The summed E-state index contributed by atoms with van der Waals surface area (Å²) in [4.78, 5) is 27.5. The number of nitrogens with zero attached hydrogens (tertiary/aromatic N) is 1. The molecule has 1 aliphatic rings. The van der Waals surface area contributed by atoms with E-state index in [0.717, 1.165) is 24.0 Å². The van der Waals surface area contributed by atoms with Gasteiger partial charge in [-0.25, -0.2) is 0 Å². The number of anilines is 1. The summed E-state index contributed by atoms with van der Waals surface area (Å²) in [6, 6.07) is 12.8. The third kappa shape index (κ3) is 3.06. The minimum Gasteiger partial charge on any atom is -0.375 e. The first kappa shape index (κ1) is 18.3. The van der Waals surface area contributed by atoms with Gasteiger partial charge in [-0.15, -0.1) is 0 Å². The zero-order chi connectivity index (χ0) is 18.9. The van der Waals surface area contributed by atoms with Crippen molar-refractivity contribution in [2.75, 3.05) is 11.4 Å². The number of aryl methyl sites for hydroxylation is 2. The first-order chi connectivity index (χ1) is 12.4. The zero-order valence-electron chi connectivity index (χ0n) is 15.6. The molecule has 1 N–H and O–H groups in total. The van der Waals surface area contributed by atoms with Crippen LogP contribution in [0.15, 0.2) is 42.5 Å². The second-order valence-corrected chi connectivity index (χ2v) is 7.11. The molecule has 3 rings (SSSR count). The quantitative estimate of drug-likeness (QED) is 0.803. The molecule has 0 aliphatic carbocycles. The normalized spacial score (nSPS) is 18.9. The molecule has 1 heterocycles. The van der Waals surface area contributed by atoms with Crippen LogP contribution >= 0.6 is 0 Å². The molecule has 0 fully saturated rings. The Morgan fingerprint density at radius 2 is 1.88 bits per heavy atom. The second-order valence-electron chi connectivity index (χ2n) is 7.11. The van der Waals surface area contributed by atoms with E-state index in [1.165, 1.54) is 0 Å². The van der Waals surface area contributed by atoms with Gasteiger partial charge in [0.15, 0.2) is 11.4 Å². The largest absolute Gasteiger partial charge is 0.375 e. The summed E-state index contributed by atoms with van der Waals surface area (Å²) >= 11 is 0. The van der Waals surface area contributed by atoms with E-state index in [-0.39, 0.29) is 12.2 Å². The molecule has 1 unspecified atom stereocenters. The van der Waals surface area contributed by atoms with Crippen LogP contribution in [0.25, 0.3) is 0 Å². The van der Waals surface area contributed by atoms with Gasteiger partial charge in [0.1, 0.15) is 0 Å². The molecule has 1 aliphatic heterocycles. The Morgan fingerprint density at radius 3 is 2.58 bits per heavy atom. The van der Waals surface area contributed by atoms with E-state index in [1.807, 2.05) is 38.1 Å². The number of benzene rings is 2. The molecule has 0 radical (unpaired) electrons. The molecular formula is C22H25NO3. The maximum atomic E-state index is 13.0. The summed E-state index contributed by atoms with van der Waals surface area (Å²) in [5, 5.41) is 11.2. The van der Waals surface area contributed by atoms with Crippen LogP contribution in [0.3, 0.4) is 0 Å². The van der Waals surface area contributed by atoms with Gasteiger partial charge < -0.3 is 10.0 Å². The van der Waals surface area contributed by atoms with E-state index in [4.69, 9.17) is 0 Å². The molecule has 0 saturated heterocycles. The number of para-hydroxylation sites is 1. The Kier molecular flexibility index (Phi) is 4.97. The number of carbonyl (C=O) groups excluding carboxylic acids is 2. The molecule has 4 nitrogen and oxygen atoms in total. The van der Waals surface area contributed by atoms with Crippen LogP contribution in [0.4, 0.5) is 5.69 Å².